The lowest BCUT2D eigenvalue weighted by Gasteiger charge is -2.41. The Morgan fingerprint density at radius 2 is 2.03 bits per heavy atom. The van der Waals surface area contributed by atoms with Gasteiger partial charge in [-0.25, -0.2) is 13.2 Å². The van der Waals surface area contributed by atoms with Crippen molar-refractivity contribution in [3.8, 4) is 5.75 Å². The molecule has 2 heterocycles. The number of rotatable bonds is 12. The number of aromatic nitrogens is 1. The monoisotopic (exact) mass is 580 g/mol. The molecule has 39 heavy (non-hydrogen) atoms. The van der Waals surface area contributed by atoms with E-state index in [0.29, 0.717) is 65.2 Å². The van der Waals surface area contributed by atoms with Crippen LogP contribution in [0.5, 0.6) is 5.75 Å². The van der Waals surface area contributed by atoms with Crippen LogP contribution in [0.25, 0.3) is 10.9 Å². The van der Waals surface area contributed by atoms with Gasteiger partial charge < -0.3 is 14.7 Å². The number of aliphatic carboxylic acids is 1. The Hall–Kier alpha value is -2.49. The topological polar surface area (TPSA) is 62.7 Å². The van der Waals surface area contributed by atoms with Gasteiger partial charge in [0, 0.05) is 22.0 Å². The van der Waals surface area contributed by atoms with Gasteiger partial charge in [-0.1, -0.05) is 17.7 Å². The summed E-state index contributed by atoms with van der Waals surface area (Å²) in [6.45, 7) is 2.19. The number of likely N-dealkylation sites (tertiary alicyclic amines) is 1. The predicted octanol–water partition coefficient (Wildman–Crippen LogP) is 7.71. The molecule has 0 radical (unpaired) electrons. The van der Waals surface area contributed by atoms with E-state index in [2.05, 4.69) is 9.88 Å². The standard InChI is InChI=1S/C29H32ClF3N2O3S/c1-38-19-6-7-24-20(16-19)27(21(30)18-34-24)22(31)8-9-29(17-26(36)37)10-13-35(14-11-29)12-3-15-39-25-5-2-4-23(32)28(25)33/h2,4-7,16,18,22H,3,8-15,17H2,1H3,(H,36,37)/t22-/m0/s1. The Labute approximate surface area is 235 Å². The molecule has 1 N–H and O–H groups in total. The van der Waals surface area contributed by atoms with Gasteiger partial charge in [0.25, 0.3) is 0 Å². The highest BCUT2D eigenvalue weighted by atomic mass is 35.5. The number of carbonyl (C=O) groups is 1. The predicted molar refractivity (Wildman–Crippen MR) is 148 cm³/mol. The van der Waals surface area contributed by atoms with Crippen molar-refractivity contribution in [2.45, 2.75) is 49.6 Å². The van der Waals surface area contributed by atoms with Gasteiger partial charge in [0.2, 0.25) is 0 Å². The third-order valence-corrected chi connectivity index (χ3v) is 8.97. The van der Waals surface area contributed by atoms with Crippen LogP contribution in [0.4, 0.5) is 13.2 Å². The fourth-order valence-electron chi connectivity index (χ4n) is 5.34. The van der Waals surface area contributed by atoms with Crippen LogP contribution < -0.4 is 4.74 Å². The summed E-state index contributed by atoms with van der Waals surface area (Å²) in [5, 5.41) is 10.5. The lowest BCUT2D eigenvalue weighted by molar-refractivity contribution is -0.141. The number of alkyl halides is 1. The number of halogens is 4. The molecule has 0 amide bonds. The van der Waals surface area contributed by atoms with Gasteiger partial charge in [0.15, 0.2) is 11.6 Å². The smallest absolute Gasteiger partial charge is 0.303 e. The number of piperidine rings is 1. The van der Waals surface area contributed by atoms with Crippen molar-refractivity contribution in [3.63, 3.8) is 0 Å². The fourth-order valence-corrected chi connectivity index (χ4v) is 6.50. The molecule has 0 aliphatic carbocycles. The summed E-state index contributed by atoms with van der Waals surface area (Å²) >= 11 is 7.67. The van der Waals surface area contributed by atoms with Gasteiger partial charge in [-0.05, 0) is 93.2 Å². The van der Waals surface area contributed by atoms with Crippen LogP contribution in [0.15, 0.2) is 47.5 Å². The number of carboxylic acids is 1. The number of hydrogen-bond acceptors (Lipinski definition) is 5. The summed E-state index contributed by atoms with van der Waals surface area (Å²) < 4.78 is 48.3. The molecule has 0 saturated carbocycles. The zero-order chi connectivity index (χ0) is 28.0. The van der Waals surface area contributed by atoms with Crippen molar-refractivity contribution in [1.82, 2.24) is 9.88 Å². The third-order valence-electron chi connectivity index (χ3n) is 7.54. The molecule has 4 rings (SSSR count). The molecule has 2 aromatic carbocycles. The Kier molecular flexibility index (Phi) is 10.0. The van der Waals surface area contributed by atoms with E-state index in [9.17, 15) is 18.7 Å². The van der Waals surface area contributed by atoms with Crippen molar-refractivity contribution in [2.24, 2.45) is 5.41 Å². The van der Waals surface area contributed by atoms with Crippen LogP contribution in [0, 0.1) is 17.0 Å². The van der Waals surface area contributed by atoms with Gasteiger partial charge in [0.1, 0.15) is 11.9 Å². The maximum absolute atomic E-state index is 15.7. The summed E-state index contributed by atoms with van der Waals surface area (Å²) in [5.41, 5.74) is 0.472. The molecule has 210 valence electrons. The van der Waals surface area contributed by atoms with E-state index in [1.807, 2.05) is 0 Å². The van der Waals surface area contributed by atoms with Crippen LogP contribution in [-0.2, 0) is 4.79 Å². The minimum Gasteiger partial charge on any atom is -0.497 e. The van der Waals surface area contributed by atoms with E-state index in [1.54, 1.807) is 24.3 Å². The second-order valence-corrected chi connectivity index (χ2v) is 11.6. The SMILES string of the molecule is COc1ccc2ncc(Cl)c([C@@H](F)CCC3(CC(=O)O)CCN(CCCSc4cccc(F)c4F)CC3)c2c1. The van der Waals surface area contributed by atoms with Gasteiger partial charge in [-0.3, -0.25) is 9.78 Å². The largest absolute Gasteiger partial charge is 0.497 e. The molecule has 1 atom stereocenters. The van der Waals surface area contributed by atoms with Crippen LogP contribution in [-0.4, -0.2) is 53.5 Å². The Morgan fingerprint density at radius 3 is 2.74 bits per heavy atom. The lowest BCUT2D eigenvalue weighted by atomic mass is 9.71. The molecular formula is C29H32ClF3N2O3S. The molecule has 5 nitrogen and oxygen atoms in total. The van der Waals surface area contributed by atoms with Gasteiger partial charge >= 0.3 is 5.97 Å². The van der Waals surface area contributed by atoms with Gasteiger partial charge in [0.05, 0.1) is 24.1 Å². The van der Waals surface area contributed by atoms with Crippen molar-refractivity contribution < 1.29 is 27.8 Å². The highest BCUT2D eigenvalue weighted by molar-refractivity contribution is 7.99. The van der Waals surface area contributed by atoms with Crippen LogP contribution >= 0.6 is 23.4 Å². The number of methoxy groups -OCH3 is 1. The minimum absolute atomic E-state index is 0.0130. The lowest BCUT2D eigenvalue weighted by Crippen LogP contribution is -2.41. The Balaban J connectivity index is 1.35. The Bertz CT molecular complexity index is 1300. The number of fused-ring (bicyclic) bond motifs is 1. The maximum Gasteiger partial charge on any atom is 0.303 e. The zero-order valence-electron chi connectivity index (χ0n) is 21.8. The summed E-state index contributed by atoms with van der Waals surface area (Å²) in [4.78, 5) is 18.6. The molecule has 0 bridgehead atoms. The maximum atomic E-state index is 15.7. The highest BCUT2D eigenvalue weighted by Gasteiger charge is 2.37. The molecular weight excluding hydrogens is 549 g/mol. The molecule has 0 spiro atoms. The first kappa shape index (κ1) is 29.5. The number of pyridine rings is 1. The molecule has 1 aromatic heterocycles. The van der Waals surface area contributed by atoms with E-state index in [4.69, 9.17) is 16.3 Å². The van der Waals surface area contributed by atoms with Crippen molar-refractivity contribution in [3.05, 3.63) is 64.8 Å². The summed E-state index contributed by atoms with van der Waals surface area (Å²) in [5.74, 6) is -1.32. The van der Waals surface area contributed by atoms with Crippen LogP contribution in [0.1, 0.15) is 50.3 Å². The van der Waals surface area contributed by atoms with E-state index in [-0.39, 0.29) is 17.9 Å². The van der Waals surface area contributed by atoms with Crippen molar-refractivity contribution in [2.75, 3.05) is 32.5 Å². The van der Waals surface area contributed by atoms with E-state index >= 15 is 4.39 Å². The molecule has 3 aromatic rings. The third kappa shape index (κ3) is 7.38. The van der Waals surface area contributed by atoms with E-state index in [0.717, 1.165) is 19.0 Å². The Morgan fingerprint density at radius 1 is 1.26 bits per heavy atom. The molecule has 1 aliphatic rings. The van der Waals surface area contributed by atoms with Crippen molar-refractivity contribution >= 4 is 40.2 Å². The number of hydrogen-bond donors (Lipinski definition) is 1. The number of nitrogens with zero attached hydrogens (tertiary/aromatic N) is 2. The minimum atomic E-state index is -1.38. The first-order valence-corrected chi connectivity index (χ1v) is 14.3. The van der Waals surface area contributed by atoms with Gasteiger partial charge in [-0.15, -0.1) is 11.8 Å². The normalized spacial score (nSPS) is 16.3. The average Bonchev–Trinajstić information content (AvgIpc) is 2.92. The molecule has 10 heteroatoms. The number of carboxylic acid groups (broad SMARTS) is 1. The average molecular weight is 581 g/mol. The number of benzene rings is 2. The van der Waals surface area contributed by atoms with Gasteiger partial charge in [-0.2, -0.15) is 0 Å². The molecule has 1 saturated heterocycles. The molecule has 1 aliphatic heterocycles. The summed E-state index contributed by atoms with van der Waals surface area (Å²) in [6.07, 6.45) is 2.72. The van der Waals surface area contributed by atoms with E-state index < -0.39 is 29.2 Å². The van der Waals surface area contributed by atoms with Crippen molar-refractivity contribution in [1.29, 1.82) is 0 Å². The first-order chi connectivity index (χ1) is 18.7. The first-order valence-electron chi connectivity index (χ1n) is 13.0. The zero-order valence-corrected chi connectivity index (χ0v) is 23.3. The van der Waals surface area contributed by atoms with Crippen LogP contribution in [0.2, 0.25) is 5.02 Å². The van der Waals surface area contributed by atoms with Crippen LogP contribution in [0.3, 0.4) is 0 Å². The quantitative estimate of drug-likeness (QED) is 0.175. The number of ether oxygens (including phenoxy) is 1. The second kappa shape index (κ2) is 13.2. The molecule has 0 unspecified atom stereocenters. The summed E-state index contributed by atoms with van der Waals surface area (Å²) in [7, 11) is 1.54. The highest BCUT2D eigenvalue weighted by Crippen LogP contribution is 2.44. The number of thioether (sulfide) groups is 1. The fraction of sp³-hybridized carbons (Fsp3) is 0.448. The molecule has 1 fully saturated rings. The van der Waals surface area contributed by atoms with E-state index in [1.165, 1.54) is 31.1 Å². The second-order valence-electron chi connectivity index (χ2n) is 10.1. The summed E-state index contributed by atoms with van der Waals surface area (Å²) in [6, 6.07) is 9.41.